The van der Waals surface area contributed by atoms with Crippen LogP contribution in [-0.2, 0) is 9.84 Å². The van der Waals surface area contributed by atoms with Crippen LogP contribution in [0.1, 0.15) is 0 Å². The van der Waals surface area contributed by atoms with Gasteiger partial charge in [0.2, 0.25) is 0 Å². The zero-order chi connectivity index (χ0) is 14.9. The number of aromatic hydroxyl groups is 1. The molecule has 0 heterocycles. The number of sulfone groups is 1. The molecule has 0 aliphatic heterocycles. The molecule has 0 saturated heterocycles. The summed E-state index contributed by atoms with van der Waals surface area (Å²) in [5.41, 5.74) is 0.763. The van der Waals surface area contributed by atoms with Gasteiger partial charge in [-0.1, -0.05) is 12.1 Å². The van der Waals surface area contributed by atoms with Gasteiger partial charge in [-0.05, 0) is 23.8 Å². The maximum atomic E-state index is 11.3. The number of phenols is 1. The Morgan fingerprint density at radius 2 is 1.70 bits per heavy atom. The van der Waals surface area contributed by atoms with E-state index in [1.165, 1.54) is 36.4 Å². The van der Waals surface area contributed by atoms with Crippen molar-refractivity contribution in [3.05, 3.63) is 52.6 Å². The Kier molecular flexibility index (Phi) is 3.46. The van der Waals surface area contributed by atoms with Gasteiger partial charge in [-0.3, -0.25) is 10.1 Å². The van der Waals surface area contributed by atoms with Gasteiger partial charge in [0.05, 0.1) is 15.9 Å². The highest BCUT2D eigenvalue weighted by Crippen LogP contribution is 2.32. The molecule has 104 valence electrons. The van der Waals surface area contributed by atoms with E-state index in [0.717, 1.165) is 12.3 Å². The van der Waals surface area contributed by atoms with E-state index in [1.54, 1.807) is 0 Å². The van der Waals surface area contributed by atoms with Crippen LogP contribution in [0.15, 0.2) is 47.4 Å². The van der Waals surface area contributed by atoms with E-state index >= 15 is 0 Å². The predicted octanol–water partition coefficient (Wildman–Crippen LogP) is 2.37. The summed E-state index contributed by atoms with van der Waals surface area (Å²) in [6.07, 6.45) is 1.10. The van der Waals surface area contributed by atoms with Gasteiger partial charge in [-0.25, -0.2) is 8.42 Å². The number of rotatable bonds is 3. The Hall–Kier alpha value is -2.41. The van der Waals surface area contributed by atoms with Gasteiger partial charge in [0, 0.05) is 17.9 Å². The van der Waals surface area contributed by atoms with Gasteiger partial charge >= 0.3 is 0 Å². The fourth-order valence-corrected chi connectivity index (χ4v) is 2.39. The van der Waals surface area contributed by atoms with Crippen molar-refractivity contribution >= 4 is 15.5 Å². The number of nitro groups is 1. The number of hydrogen-bond acceptors (Lipinski definition) is 5. The Balaban J connectivity index is 2.45. The summed E-state index contributed by atoms with van der Waals surface area (Å²) in [4.78, 5) is 10.2. The molecule has 0 unspecified atom stereocenters. The lowest BCUT2D eigenvalue weighted by Gasteiger charge is -2.05. The number of benzene rings is 2. The van der Waals surface area contributed by atoms with Crippen LogP contribution in [0, 0.1) is 10.1 Å². The van der Waals surface area contributed by atoms with Crippen molar-refractivity contribution in [2.75, 3.05) is 6.26 Å². The maximum absolute atomic E-state index is 11.3. The van der Waals surface area contributed by atoms with Gasteiger partial charge in [0.25, 0.3) is 5.69 Å². The van der Waals surface area contributed by atoms with Crippen molar-refractivity contribution in [1.82, 2.24) is 0 Å². The van der Waals surface area contributed by atoms with E-state index in [-0.39, 0.29) is 16.3 Å². The smallest absolute Gasteiger partial charge is 0.273 e. The highest BCUT2D eigenvalue weighted by Gasteiger charge is 2.12. The average Bonchev–Trinajstić information content (AvgIpc) is 2.37. The van der Waals surface area contributed by atoms with Crippen molar-refractivity contribution < 1.29 is 18.4 Å². The molecule has 7 heteroatoms. The molecule has 0 amide bonds. The molecule has 0 saturated carbocycles. The van der Waals surface area contributed by atoms with Crippen molar-refractivity contribution in [2.24, 2.45) is 0 Å². The zero-order valence-corrected chi connectivity index (χ0v) is 11.3. The number of nitro benzene ring substituents is 1. The van der Waals surface area contributed by atoms with E-state index < -0.39 is 14.8 Å². The summed E-state index contributed by atoms with van der Waals surface area (Å²) in [5.74, 6) is -0.230. The molecule has 0 aromatic heterocycles. The number of non-ortho nitro benzene ring substituents is 1. The molecular formula is C13H11NO5S. The van der Waals surface area contributed by atoms with Gasteiger partial charge in [0.1, 0.15) is 5.75 Å². The van der Waals surface area contributed by atoms with Crippen LogP contribution in [0.25, 0.3) is 11.1 Å². The van der Waals surface area contributed by atoms with Gasteiger partial charge < -0.3 is 5.11 Å². The minimum atomic E-state index is -3.28. The largest absolute Gasteiger partial charge is 0.507 e. The van der Waals surface area contributed by atoms with E-state index in [0.29, 0.717) is 11.1 Å². The van der Waals surface area contributed by atoms with Crippen LogP contribution in [0.4, 0.5) is 5.69 Å². The quantitative estimate of drug-likeness (QED) is 0.692. The molecule has 0 fully saturated rings. The van der Waals surface area contributed by atoms with Gasteiger partial charge in [-0.15, -0.1) is 0 Å². The van der Waals surface area contributed by atoms with Crippen molar-refractivity contribution in [3.63, 3.8) is 0 Å². The molecule has 0 radical (unpaired) electrons. The topological polar surface area (TPSA) is 97.5 Å². The van der Waals surface area contributed by atoms with Crippen LogP contribution in [-0.4, -0.2) is 24.7 Å². The number of hydrogen-bond donors (Lipinski definition) is 1. The first-order valence-corrected chi connectivity index (χ1v) is 7.46. The molecule has 2 aromatic carbocycles. The Bertz CT molecular complexity index is 766. The fraction of sp³-hybridized carbons (Fsp3) is 0.0769. The Labute approximate surface area is 115 Å². The fourth-order valence-electron chi connectivity index (χ4n) is 1.76. The lowest BCUT2D eigenvalue weighted by molar-refractivity contribution is -0.384. The minimum absolute atomic E-state index is 0.169. The number of nitrogens with zero attached hydrogens (tertiary/aromatic N) is 1. The SMILES string of the molecule is CS(=O)(=O)c1ccc(-c2ccc([N+](=O)[O-])cc2O)cc1. The summed E-state index contributed by atoms with van der Waals surface area (Å²) in [7, 11) is -3.28. The first-order valence-electron chi connectivity index (χ1n) is 5.57. The monoisotopic (exact) mass is 293 g/mol. The lowest BCUT2D eigenvalue weighted by Crippen LogP contribution is -1.96. The highest BCUT2D eigenvalue weighted by molar-refractivity contribution is 7.90. The molecule has 20 heavy (non-hydrogen) atoms. The molecular weight excluding hydrogens is 282 g/mol. The van der Waals surface area contributed by atoms with Crippen molar-refractivity contribution in [3.8, 4) is 16.9 Å². The molecule has 0 aliphatic rings. The minimum Gasteiger partial charge on any atom is -0.507 e. The lowest BCUT2D eigenvalue weighted by atomic mass is 10.0. The third kappa shape index (κ3) is 2.77. The molecule has 0 bridgehead atoms. The van der Waals surface area contributed by atoms with E-state index in [9.17, 15) is 23.6 Å². The summed E-state index contributed by atoms with van der Waals surface area (Å²) in [6.45, 7) is 0. The molecule has 0 aliphatic carbocycles. The van der Waals surface area contributed by atoms with E-state index in [1.807, 2.05) is 0 Å². The third-order valence-electron chi connectivity index (χ3n) is 2.79. The molecule has 0 spiro atoms. The summed E-state index contributed by atoms with van der Waals surface area (Å²) < 4.78 is 22.7. The summed E-state index contributed by atoms with van der Waals surface area (Å²) >= 11 is 0. The molecule has 2 aromatic rings. The summed E-state index contributed by atoms with van der Waals surface area (Å²) in [6, 6.07) is 9.67. The maximum Gasteiger partial charge on any atom is 0.273 e. The van der Waals surface area contributed by atoms with Crippen molar-refractivity contribution in [1.29, 1.82) is 0 Å². The second kappa shape index (κ2) is 4.93. The zero-order valence-electron chi connectivity index (χ0n) is 10.5. The number of phenolic OH excluding ortho intramolecular Hbond substituents is 1. The van der Waals surface area contributed by atoms with Crippen molar-refractivity contribution in [2.45, 2.75) is 4.90 Å². The van der Waals surface area contributed by atoms with Crippen LogP contribution < -0.4 is 0 Å². The second-order valence-corrected chi connectivity index (χ2v) is 6.27. The van der Waals surface area contributed by atoms with Crippen LogP contribution >= 0.6 is 0 Å². The van der Waals surface area contributed by atoms with Gasteiger partial charge in [0.15, 0.2) is 9.84 Å². The van der Waals surface area contributed by atoms with E-state index in [4.69, 9.17) is 0 Å². The normalized spacial score (nSPS) is 11.2. The molecule has 1 N–H and O–H groups in total. The van der Waals surface area contributed by atoms with Crippen LogP contribution in [0.5, 0.6) is 5.75 Å². The highest BCUT2D eigenvalue weighted by atomic mass is 32.2. The van der Waals surface area contributed by atoms with E-state index in [2.05, 4.69) is 0 Å². The molecule has 6 nitrogen and oxygen atoms in total. The second-order valence-electron chi connectivity index (χ2n) is 4.26. The Morgan fingerprint density at radius 1 is 1.10 bits per heavy atom. The summed E-state index contributed by atoms with van der Waals surface area (Å²) in [5, 5.41) is 20.4. The molecule has 2 rings (SSSR count). The van der Waals surface area contributed by atoms with Gasteiger partial charge in [-0.2, -0.15) is 0 Å². The first kappa shape index (κ1) is 14.0. The Morgan fingerprint density at radius 3 is 2.15 bits per heavy atom. The first-order chi connectivity index (χ1) is 9.29. The molecule has 0 atom stereocenters. The van der Waals surface area contributed by atoms with Crippen LogP contribution in [0.3, 0.4) is 0 Å². The average molecular weight is 293 g/mol. The van der Waals surface area contributed by atoms with Crippen LogP contribution in [0.2, 0.25) is 0 Å². The predicted molar refractivity (Wildman–Crippen MR) is 73.3 cm³/mol. The standard InChI is InChI=1S/C13H11NO5S/c1-20(18,19)11-5-2-9(3-6-11)12-7-4-10(14(16)17)8-13(12)15/h2-8,15H,1H3. The third-order valence-corrected chi connectivity index (χ3v) is 3.91.